The maximum Gasteiger partial charge on any atom is 0.191 e. The van der Waals surface area contributed by atoms with Crippen LogP contribution in [0.5, 0.6) is 0 Å². The zero-order chi connectivity index (χ0) is 12.6. The van der Waals surface area contributed by atoms with Crippen molar-refractivity contribution in [2.45, 2.75) is 32.4 Å². The average molecular weight is 247 g/mol. The van der Waals surface area contributed by atoms with Gasteiger partial charge in [0.1, 0.15) is 0 Å². The monoisotopic (exact) mass is 247 g/mol. The van der Waals surface area contributed by atoms with Gasteiger partial charge in [0.15, 0.2) is 5.96 Å². The van der Waals surface area contributed by atoms with Crippen LogP contribution in [-0.4, -0.2) is 34.6 Å². The largest absolute Gasteiger partial charge is 0.357 e. The van der Waals surface area contributed by atoms with Crippen molar-refractivity contribution < 1.29 is 0 Å². The number of aliphatic imine (C=N–C) groups is 1. The van der Waals surface area contributed by atoms with E-state index in [1.165, 1.54) is 0 Å². The molecule has 98 valence electrons. The Kier molecular flexibility index (Phi) is 4.81. The summed E-state index contributed by atoms with van der Waals surface area (Å²) >= 11 is 0. The summed E-state index contributed by atoms with van der Waals surface area (Å²) in [6.45, 7) is 4.59. The molecule has 1 aromatic rings. The Balaban J connectivity index is 1.79. The Morgan fingerprint density at radius 1 is 1.44 bits per heavy atom. The van der Waals surface area contributed by atoms with Crippen LogP contribution in [0.3, 0.4) is 0 Å². The van der Waals surface area contributed by atoms with Gasteiger partial charge in [-0.1, -0.05) is 12.2 Å². The number of hydrogen-bond acceptors (Lipinski definition) is 2. The van der Waals surface area contributed by atoms with E-state index in [2.05, 4.69) is 39.7 Å². The second-order valence-corrected chi connectivity index (χ2v) is 4.35. The fourth-order valence-corrected chi connectivity index (χ4v) is 1.94. The summed E-state index contributed by atoms with van der Waals surface area (Å²) in [7, 11) is 0. The lowest BCUT2D eigenvalue weighted by molar-refractivity contribution is 0.628. The zero-order valence-electron chi connectivity index (χ0n) is 10.8. The van der Waals surface area contributed by atoms with Crippen LogP contribution >= 0.6 is 0 Å². The van der Waals surface area contributed by atoms with E-state index < -0.39 is 0 Å². The van der Waals surface area contributed by atoms with Crippen molar-refractivity contribution >= 4 is 5.96 Å². The van der Waals surface area contributed by atoms with Gasteiger partial charge < -0.3 is 15.2 Å². The van der Waals surface area contributed by atoms with Crippen molar-refractivity contribution in [1.29, 1.82) is 0 Å². The molecule has 0 aromatic carbocycles. The highest BCUT2D eigenvalue weighted by molar-refractivity contribution is 5.80. The normalized spacial score (nSPS) is 16.2. The van der Waals surface area contributed by atoms with Crippen molar-refractivity contribution in [1.82, 2.24) is 20.2 Å². The lowest BCUT2D eigenvalue weighted by Gasteiger charge is -2.16. The van der Waals surface area contributed by atoms with Gasteiger partial charge in [-0.15, -0.1) is 0 Å². The van der Waals surface area contributed by atoms with Gasteiger partial charge in [-0.2, -0.15) is 0 Å². The maximum absolute atomic E-state index is 4.57. The van der Waals surface area contributed by atoms with Crippen molar-refractivity contribution in [2.75, 3.05) is 13.1 Å². The molecule has 0 unspecified atom stereocenters. The third-order valence-electron chi connectivity index (χ3n) is 2.88. The molecule has 0 bridgehead atoms. The summed E-state index contributed by atoms with van der Waals surface area (Å²) in [5.74, 6) is 0.909. The predicted octanol–water partition coefficient (Wildman–Crippen LogP) is 1.16. The summed E-state index contributed by atoms with van der Waals surface area (Å²) in [5.41, 5.74) is 0. The van der Waals surface area contributed by atoms with E-state index in [0.29, 0.717) is 6.04 Å². The second-order valence-electron chi connectivity index (χ2n) is 4.35. The second kappa shape index (κ2) is 6.83. The molecule has 2 N–H and O–H groups in total. The van der Waals surface area contributed by atoms with E-state index >= 15 is 0 Å². The summed E-state index contributed by atoms with van der Waals surface area (Å²) in [5, 5.41) is 6.72. The molecule has 2 rings (SSSR count). The van der Waals surface area contributed by atoms with Gasteiger partial charge >= 0.3 is 0 Å². The standard InChI is InChI=1S/C13H21N5/c1-2-15-13(17-12-5-3-4-6-12)16-8-10-18-9-7-14-11-18/h3-4,7,9,11-12H,2,5-6,8,10H2,1H3,(H2,15,16,17). The average Bonchev–Trinajstić information content (AvgIpc) is 3.02. The topological polar surface area (TPSA) is 54.2 Å². The molecule has 1 aromatic heterocycles. The molecule has 5 heteroatoms. The number of guanidine groups is 1. The zero-order valence-corrected chi connectivity index (χ0v) is 10.8. The highest BCUT2D eigenvalue weighted by Gasteiger charge is 2.11. The third kappa shape index (κ3) is 3.91. The van der Waals surface area contributed by atoms with Gasteiger partial charge in [-0.25, -0.2) is 4.98 Å². The molecule has 1 aliphatic carbocycles. The lowest BCUT2D eigenvalue weighted by atomic mass is 10.2. The smallest absolute Gasteiger partial charge is 0.191 e. The molecular weight excluding hydrogens is 226 g/mol. The van der Waals surface area contributed by atoms with E-state index in [9.17, 15) is 0 Å². The first-order valence-corrected chi connectivity index (χ1v) is 6.54. The van der Waals surface area contributed by atoms with Crippen LogP contribution in [0.2, 0.25) is 0 Å². The molecule has 0 saturated heterocycles. The Bertz CT molecular complexity index is 386. The quantitative estimate of drug-likeness (QED) is 0.466. The van der Waals surface area contributed by atoms with Crippen molar-refractivity contribution in [3.05, 3.63) is 30.9 Å². The molecule has 5 nitrogen and oxygen atoms in total. The van der Waals surface area contributed by atoms with E-state index in [4.69, 9.17) is 0 Å². The number of aromatic nitrogens is 2. The third-order valence-corrected chi connectivity index (χ3v) is 2.88. The molecule has 0 radical (unpaired) electrons. The van der Waals surface area contributed by atoms with Gasteiger partial charge in [-0.05, 0) is 19.8 Å². The SMILES string of the molecule is CCNC(=NCCn1ccnc1)NC1CC=CC1. The van der Waals surface area contributed by atoms with E-state index in [0.717, 1.165) is 38.4 Å². The van der Waals surface area contributed by atoms with Gasteiger partial charge in [0.05, 0.1) is 12.9 Å². The fourth-order valence-electron chi connectivity index (χ4n) is 1.94. The van der Waals surface area contributed by atoms with E-state index in [1.807, 2.05) is 17.1 Å². The summed E-state index contributed by atoms with van der Waals surface area (Å²) in [6, 6.07) is 0.496. The maximum atomic E-state index is 4.57. The Morgan fingerprint density at radius 2 is 2.28 bits per heavy atom. The summed E-state index contributed by atoms with van der Waals surface area (Å²) in [6.07, 6.45) is 12.2. The van der Waals surface area contributed by atoms with Gasteiger partial charge in [0.25, 0.3) is 0 Å². The number of rotatable bonds is 5. The minimum Gasteiger partial charge on any atom is -0.357 e. The molecule has 0 spiro atoms. The Hall–Kier alpha value is -1.78. The molecule has 1 heterocycles. The highest BCUT2D eigenvalue weighted by Crippen LogP contribution is 2.08. The highest BCUT2D eigenvalue weighted by atomic mass is 15.2. The predicted molar refractivity (Wildman–Crippen MR) is 73.5 cm³/mol. The van der Waals surface area contributed by atoms with Gasteiger partial charge in [0.2, 0.25) is 0 Å². The molecular formula is C13H21N5. The van der Waals surface area contributed by atoms with Crippen LogP contribution < -0.4 is 10.6 Å². The molecule has 1 aliphatic rings. The lowest BCUT2D eigenvalue weighted by Crippen LogP contribution is -2.42. The molecule has 0 atom stereocenters. The van der Waals surface area contributed by atoms with E-state index in [1.54, 1.807) is 6.20 Å². The molecule has 0 fully saturated rings. The molecule has 0 saturated carbocycles. The van der Waals surface area contributed by atoms with Crippen LogP contribution in [0, 0.1) is 0 Å². The molecule has 18 heavy (non-hydrogen) atoms. The van der Waals surface area contributed by atoms with E-state index in [-0.39, 0.29) is 0 Å². The first kappa shape index (κ1) is 12.7. The fraction of sp³-hybridized carbons (Fsp3) is 0.538. The van der Waals surface area contributed by atoms with Crippen molar-refractivity contribution in [3.63, 3.8) is 0 Å². The Labute approximate surface area is 108 Å². The number of nitrogens with zero attached hydrogens (tertiary/aromatic N) is 3. The first-order chi connectivity index (χ1) is 8.88. The number of hydrogen-bond donors (Lipinski definition) is 2. The Morgan fingerprint density at radius 3 is 2.94 bits per heavy atom. The summed E-state index contributed by atoms with van der Waals surface area (Å²) < 4.78 is 2.03. The number of nitrogens with one attached hydrogen (secondary N) is 2. The van der Waals surface area contributed by atoms with Crippen LogP contribution in [0.15, 0.2) is 35.9 Å². The minimum absolute atomic E-state index is 0.496. The van der Waals surface area contributed by atoms with Crippen LogP contribution in [-0.2, 0) is 6.54 Å². The molecule has 0 aliphatic heterocycles. The van der Waals surface area contributed by atoms with Crippen LogP contribution in [0.1, 0.15) is 19.8 Å². The molecule has 0 amide bonds. The summed E-state index contributed by atoms with van der Waals surface area (Å²) in [4.78, 5) is 8.58. The van der Waals surface area contributed by atoms with Crippen LogP contribution in [0.25, 0.3) is 0 Å². The van der Waals surface area contributed by atoms with Gasteiger partial charge in [-0.3, -0.25) is 4.99 Å². The first-order valence-electron chi connectivity index (χ1n) is 6.54. The van der Waals surface area contributed by atoms with Crippen LogP contribution in [0.4, 0.5) is 0 Å². The van der Waals surface area contributed by atoms with Crippen molar-refractivity contribution in [3.8, 4) is 0 Å². The number of imidazole rings is 1. The van der Waals surface area contributed by atoms with Gasteiger partial charge in [0, 0.05) is 31.5 Å². The van der Waals surface area contributed by atoms with Crippen molar-refractivity contribution in [2.24, 2.45) is 4.99 Å². The minimum atomic E-state index is 0.496.